The topological polar surface area (TPSA) is 74.0 Å². The van der Waals surface area contributed by atoms with Crippen LogP contribution in [0.15, 0.2) is 53.5 Å². The van der Waals surface area contributed by atoms with Crippen molar-refractivity contribution in [2.75, 3.05) is 5.32 Å². The standard InChI is InChI=1S/C16H16BrN5O2/c1-2-21-9-12(7-18-21)16(23)20-14-8-19-22(10-14)11-24-15-5-3-13(17)4-6-15/h3-10H,2,11H2,1H3,(H,20,23). The summed E-state index contributed by atoms with van der Waals surface area (Å²) in [4.78, 5) is 12.1. The second kappa shape index (κ2) is 7.31. The molecule has 24 heavy (non-hydrogen) atoms. The zero-order chi connectivity index (χ0) is 16.9. The number of hydrogen-bond donors (Lipinski definition) is 1. The Balaban J connectivity index is 1.56. The first-order valence-electron chi connectivity index (χ1n) is 7.38. The van der Waals surface area contributed by atoms with Crippen LogP contribution in [0.4, 0.5) is 5.69 Å². The number of aryl methyl sites for hydroxylation is 1. The molecule has 2 aromatic heterocycles. The van der Waals surface area contributed by atoms with E-state index in [1.54, 1.807) is 34.2 Å². The van der Waals surface area contributed by atoms with Crippen molar-refractivity contribution in [3.8, 4) is 5.75 Å². The molecule has 7 nitrogen and oxygen atoms in total. The third kappa shape index (κ3) is 4.02. The molecule has 0 unspecified atom stereocenters. The van der Waals surface area contributed by atoms with E-state index in [-0.39, 0.29) is 12.6 Å². The molecule has 0 atom stereocenters. The van der Waals surface area contributed by atoms with E-state index >= 15 is 0 Å². The molecule has 124 valence electrons. The summed E-state index contributed by atoms with van der Waals surface area (Å²) >= 11 is 3.37. The predicted molar refractivity (Wildman–Crippen MR) is 92.9 cm³/mol. The molecule has 2 heterocycles. The van der Waals surface area contributed by atoms with Crippen molar-refractivity contribution in [2.24, 2.45) is 0 Å². The minimum absolute atomic E-state index is 0.219. The summed E-state index contributed by atoms with van der Waals surface area (Å²) in [5.74, 6) is 0.523. The van der Waals surface area contributed by atoms with Gasteiger partial charge in [0.15, 0.2) is 6.73 Å². The Labute approximate surface area is 147 Å². The van der Waals surface area contributed by atoms with E-state index in [1.165, 1.54) is 0 Å². The number of nitrogens with zero attached hydrogens (tertiary/aromatic N) is 4. The van der Waals surface area contributed by atoms with Gasteiger partial charge in [0.2, 0.25) is 0 Å². The summed E-state index contributed by atoms with van der Waals surface area (Å²) in [5.41, 5.74) is 1.11. The Bertz CT molecular complexity index is 825. The van der Waals surface area contributed by atoms with Crippen molar-refractivity contribution in [1.29, 1.82) is 0 Å². The molecule has 0 saturated heterocycles. The fourth-order valence-corrected chi connectivity index (χ4v) is 2.29. The molecule has 3 aromatic rings. The van der Waals surface area contributed by atoms with Crippen molar-refractivity contribution in [1.82, 2.24) is 19.6 Å². The molecule has 1 amide bonds. The van der Waals surface area contributed by atoms with Gasteiger partial charge in [-0.1, -0.05) is 15.9 Å². The maximum Gasteiger partial charge on any atom is 0.258 e. The van der Waals surface area contributed by atoms with Crippen molar-refractivity contribution in [3.63, 3.8) is 0 Å². The normalized spacial score (nSPS) is 10.6. The third-order valence-corrected chi connectivity index (χ3v) is 3.82. The lowest BCUT2D eigenvalue weighted by molar-refractivity contribution is 0.102. The SMILES string of the molecule is CCn1cc(C(=O)Nc2cnn(COc3ccc(Br)cc3)c2)cn1. The van der Waals surface area contributed by atoms with Gasteiger partial charge < -0.3 is 10.1 Å². The Morgan fingerprint density at radius 3 is 2.62 bits per heavy atom. The number of carbonyl (C=O) groups is 1. The first-order chi connectivity index (χ1) is 11.6. The number of benzene rings is 1. The molecule has 3 rings (SSSR count). The Hall–Kier alpha value is -2.61. The van der Waals surface area contributed by atoms with Gasteiger partial charge in [-0.2, -0.15) is 10.2 Å². The summed E-state index contributed by atoms with van der Waals surface area (Å²) in [5, 5.41) is 11.0. The number of halogens is 1. The molecule has 0 aliphatic rings. The average Bonchev–Trinajstić information content (AvgIpc) is 3.23. The Morgan fingerprint density at radius 1 is 1.17 bits per heavy atom. The van der Waals surface area contributed by atoms with E-state index in [1.807, 2.05) is 31.2 Å². The molecular weight excluding hydrogens is 374 g/mol. The minimum Gasteiger partial charge on any atom is -0.471 e. The second-order valence-electron chi connectivity index (χ2n) is 5.03. The van der Waals surface area contributed by atoms with Crippen molar-refractivity contribution in [3.05, 3.63) is 59.1 Å². The summed E-state index contributed by atoms with van der Waals surface area (Å²) in [7, 11) is 0. The molecule has 0 aliphatic heterocycles. The van der Waals surface area contributed by atoms with E-state index in [4.69, 9.17) is 4.74 Å². The molecule has 0 bridgehead atoms. The lowest BCUT2D eigenvalue weighted by Gasteiger charge is -2.05. The van der Waals surface area contributed by atoms with Crippen molar-refractivity contribution in [2.45, 2.75) is 20.2 Å². The van der Waals surface area contributed by atoms with Gasteiger partial charge in [-0.3, -0.25) is 9.48 Å². The molecule has 1 N–H and O–H groups in total. The Morgan fingerprint density at radius 2 is 1.92 bits per heavy atom. The summed E-state index contributed by atoms with van der Waals surface area (Å²) in [6, 6.07) is 7.53. The lowest BCUT2D eigenvalue weighted by atomic mass is 10.3. The highest BCUT2D eigenvalue weighted by Gasteiger charge is 2.10. The zero-order valence-corrected chi connectivity index (χ0v) is 14.6. The lowest BCUT2D eigenvalue weighted by Crippen LogP contribution is -2.11. The van der Waals surface area contributed by atoms with Gasteiger partial charge in [-0.15, -0.1) is 0 Å². The van der Waals surface area contributed by atoms with Crippen LogP contribution in [-0.2, 0) is 13.3 Å². The van der Waals surface area contributed by atoms with E-state index in [0.717, 1.165) is 16.8 Å². The van der Waals surface area contributed by atoms with Gasteiger partial charge in [-0.05, 0) is 31.2 Å². The van der Waals surface area contributed by atoms with Gasteiger partial charge >= 0.3 is 0 Å². The highest BCUT2D eigenvalue weighted by atomic mass is 79.9. The van der Waals surface area contributed by atoms with Gasteiger partial charge in [0.25, 0.3) is 5.91 Å². The number of nitrogens with one attached hydrogen (secondary N) is 1. The monoisotopic (exact) mass is 389 g/mol. The van der Waals surface area contributed by atoms with Crippen LogP contribution in [0.1, 0.15) is 17.3 Å². The number of aromatic nitrogens is 4. The molecule has 0 aliphatic carbocycles. The Kier molecular flexibility index (Phi) is 4.95. The van der Waals surface area contributed by atoms with Gasteiger partial charge in [0.05, 0.1) is 29.8 Å². The first-order valence-corrected chi connectivity index (χ1v) is 8.18. The number of hydrogen-bond acceptors (Lipinski definition) is 4. The third-order valence-electron chi connectivity index (χ3n) is 3.29. The molecule has 0 saturated carbocycles. The maximum absolute atomic E-state index is 12.1. The summed E-state index contributed by atoms with van der Waals surface area (Å²) in [6.45, 7) is 2.94. The van der Waals surface area contributed by atoms with Crippen LogP contribution >= 0.6 is 15.9 Å². The fourth-order valence-electron chi connectivity index (χ4n) is 2.03. The van der Waals surface area contributed by atoms with Gasteiger partial charge in [0, 0.05) is 17.2 Å². The van der Waals surface area contributed by atoms with E-state index < -0.39 is 0 Å². The number of anilines is 1. The van der Waals surface area contributed by atoms with Crippen LogP contribution < -0.4 is 10.1 Å². The van der Waals surface area contributed by atoms with Crippen molar-refractivity contribution >= 4 is 27.5 Å². The molecule has 8 heteroatoms. The number of ether oxygens (including phenoxy) is 1. The van der Waals surface area contributed by atoms with Crippen LogP contribution in [0.3, 0.4) is 0 Å². The van der Waals surface area contributed by atoms with Crippen LogP contribution in [0.5, 0.6) is 5.75 Å². The molecule has 1 aromatic carbocycles. The van der Waals surface area contributed by atoms with Crippen LogP contribution in [-0.4, -0.2) is 25.5 Å². The smallest absolute Gasteiger partial charge is 0.258 e. The van der Waals surface area contributed by atoms with Gasteiger partial charge in [-0.25, -0.2) is 4.68 Å². The van der Waals surface area contributed by atoms with Crippen molar-refractivity contribution < 1.29 is 9.53 Å². The van der Waals surface area contributed by atoms with E-state index in [9.17, 15) is 4.79 Å². The van der Waals surface area contributed by atoms with E-state index in [0.29, 0.717) is 11.3 Å². The predicted octanol–water partition coefficient (Wildman–Crippen LogP) is 3.15. The highest BCUT2D eigenvalue weighted by molar-refractivity contribution is 9.10. The maximum atomic E-state index is 12.1. The molecule has 0 fully saturated rings. The van der Waals surface area contributed by atoms with Crippen LogP contribution in [0.25, 0.3) is 0 Å². The molecular formula is C16H16BrN5O2. The summed E-state index contributed by atoms with van der Waals surface area (Å²) < 4.78 is 9.92. The highest BCUT2D eigenvalue weighted by Crippen LogP contribution is 2.16. The second-order valence-corrected chi connectivity index (χ2v) is 5.95. The number of rotatable bonds is 6. The number of carbonyl (C=O) groups excluding carboxylic acids is 1. The molecule has 0 spiro atoms. The van der Waals surface area contributed by atoms with E-state index in [2.05, 4.69) is 31.4 Å². The molecule has 0 radical (unpaired) electrons. The summed E-state index contributed by atoms with van der Waals surface area (Å²) in [6.07, 6.45) is 6.53. The van der Waals surface area contributed by atoms with Gasteiger partial charge in [0.1, 0.15) is 5.75 Å². The minimum atomic E-state index is -0.219. The zero-order valence-electron chi connectivity index (χ0n) is 13.0. The number of amides is 1. The largest absolute Gasteiger partial charge is 0.471 e. The fraction of sp³-hybridized carbons (Fsp3) is 0.188. The average molecular weight is 390 g/mol. The van der Waals surface area contributed by atoms with Crippen LogP contribution in [0.2, 0.25) is 0 Å². The quantitative estimate of drug-likeness (QED) is 0.702. The van der Waals surface area contributed by atoms with Crippen LogP contribution in [0, 0.1) is 0 Å². The first kappa shape index (κ1) is 16.3.